The van der Waals surface area contributed by atoms with E-state index in [1.54, 1.807) is 0 Å². The second-order valence-electron chi connectivity index (χ2n) is 5.79. The summed E-state index contributed by atoms with van der Waals surface area (Å²) in [5.74, 6) is -0.965. The molecule has 6 nitrogen and oxygen atoms in total. The number of carbonyl (C=O) groups is 2. The summed E-state index contributed by atoms with van der Waals surface area (Å²) in [7, 11) is 0. The molecule has 0 aromatic carbocycles. The summed E-state index contributed by atoms with van der Waals surface area (Å²) in [4.78, 5) is 25.4. The fourth-order valence-electron chi connectivity index (χ4n) is 3.33. The van der Waals surface area contributed by atoms with E-state index >= 15 is 0 Å². The highest BCUT2D eigenvalue weighted by molar-refractivity contribution is 5.82. The average Bonchev–Trinajstić information content (AvgIpc) is 2.81. The number of aliphatic carboxylic acids is 1. The summed E-state index contributed by atoms with van der Waals surface area (Å²) >= 11 is 0. The van der Waals surface area contributed by atoms with Gasteiger partial charge in [-0.15, -0.1) is 0 Å². The number of carbonyl (C=O) groups excluding carboxylic acids is 1. The molecule has 2 aliphatic rings. The van der Waals surface area contributed by atoms with E-state index in [9.17, 15) is 9.59 Å². The first kappa shape index (κ1) is 15.1. The van der Waals surface area contributed by atoms with Crippen LogP contribution in [0.1, 0.15) is 45.4 Å². The van der Waals surface area contributed by atoms with Crippen molar-refractivity contribution >= 4 is 12.0 Å². The standard InChI is InChI=1S/C14H25N3O3/c1-2-5-11(13(18)19)16-14(20)15-10-7-9-17-8-4-3-6-12(10)17/h10-12H,2-9H2,1H3,(H,18,19)(H2,15,16,20). The number of rotatable bonds is 5. The van der Waals surface area contributed by atoms with Gasteiger partial charge < -0.3 is 15.7 Å². The van der Waals surface area contributed by atoms with Crippen molar-refractivity contribution in [3.8, 4) is 0 Å². The van der Waals surface area contributed by atoms with E-state index in [0.717, 1.165) is 32.4 Å². The zero-order chi connectivity index (χ0) is 14.5. The van der Waals surface area contributed by atoms with Gasteiger partial charge in [0.2, 0.25) is 0 Å². The Hall–Kier alpha value is -1.30. The minimum absolute atomic E-state index is 0.159. The van der Waals surface area contributed by atoms with Gasteiger partial charge in [-0.2, -0.15) is 0 Å². The molecule has 0 spiro atoms. The van der Waals surface area contributed by atoms with Gasteiger partial charge in [0.15, 0.2) is 0 Å². The zero-order valence-corrected chi connectivity index (χ0v) is 12.1. The number of hydrogen-bond acceptors (Lipinski definition) is 3. The largest absolute Gasteiger partial charge is 0.480 e. The molecule has 20 heavy (non-hydrogen) atoms. The predicted octanol–water partition coefficient (Wildman–Crippen LogP) is 1.17. The average molecular weight is 283 g/mol. The summed E-state index contributed by atoms with van der Waals surface area (Å²) in [6.07, 6.45) is 5.74. The molecular weight excluding hydrogens is 258 g/mol. The zero-order valence-electron chi connectivity index (χ0n) is 12.1. The maximum Gasteiger partial charge on any atom is 0.326 e. The molecule has 0 aromatic rings. The lowest BCUT2D eigenvalue weighted by Gasteiger charge is -2.32. The van der Waals surface area contributed by atoms with Crippen LogP contribution in [0.3, 0.4) is 0 Å². The number of urea groups is 1. The molecule has 2 heterocycles. The lowest BCUT2D eigenvalue weighted by atomic mass is 9.99. The Morgan fingerprint density at radius 1 is 1.30 bits per heavy atom. The maximum atomic E-state index is 12.0. The maximum absolute atomic E-state index is 12.0. The first-order chi connectivity index (χ1) is 9.61. The van der Waals surface area contributed by atoms with E-state index in [-0.39, 0.29) is 12.1 Å². The van der Waals surface area contributed by atoms with Gasteiger partial charge >= 0.3 is 12.0 Å². The molecule has 3 unspecified atom stereocenters. The summed E-state index contributed by atoms with van der Waals surface area (Å²) < 4.78 is 0. The number of hydrogen-bond donors (Lipinski definition) is 3. The third-order valence-electron chi connectivity index (χ3n) is 4.35. The minimum Gasteiger partial charge on any atom is -0.480 e. The topological polar surface area (TPSA) is 81.7 Å². The van der Waals surface area contributed by atoms with Gasteiger partial charge in [0, 0.05) is 18.6 Å². The summed E-state index contributed by atoms with van der Waals surface area (Å²) in [5, 5.41) is 14.6. The van der Waals surface area contributed by atoms with Crippen LogP contribution in [0.4, 0.5) is 4.79 Å². The Morgan fingerprint density at radius 3 is 2.80 bits per heavy atom. The molecule has 0 saturated carbocycles. The Morgan fingerprint density at radius 2 is 2.10 bits per heavy atom. The Labute approximate surface area is 119 Å². The van der Waals surface area contributed by atoms with Crippen molar-refractivity contribution in [2.75, 3.05) is 13.1 Å². The van der Waals surface area contributed by atoms with Crippen LogP contribution in [0, 0.1) is 0 Å². The lowest BCUT2D eigenvalue weighted by molar-refractivity contribution is -0.139. The van der Waals surface area contributed by atoms with Crippen LogP contribution >= 0.6 is 0 Å². The van der Waals surface area contributed by atoms with Crippen molar-refractivity contribution in [1.82, 2.24) is 15.5 Å². The van der Waals surface area contributed by atoms with Gasteiger partial charge in [-0.05, 0) is 32.2 Å². The third-order valence-corrected chi connectivity index (χ3v) is 4.35. The van der Waals surface area contributed by atoms with Gasteiger partial charge in [0.1, 0.15) is 6.04 Å². The summed E-state index contributed by atoms with van der Waals surface area (Å²) in [6.45, 7) is 4.07. The number of fused-ring (bicyclic) bond motifs is 1. The number of amides is 2. The number of carboxylic acids is 1. The van der Waals surface area contributed by atoms with Crippen molar-refractivity contribution in [3.63, 3.8) is 0 Å². The smallest absolute Gasteiger partial charge is 0.326 e. The van der Waals surface area contributed by atoms with Gasteiger partial charge in [-0.3, -0.25) is 4.90 Å². The highest BCUT2D eigenvalue weighted by Gasteiger charge is 2.36. The van der Waals surface area contributed by atoms with Gasteiger partial charge in [-0.1, -0.05) is 19.8 Å². The molecule has 0 aliphatic carbocycles. The molecule has 3 atom stereocenters. The van der Waals surface area contributed by atoms with Crippen LogP contribution in [0.2, 0.25) is 0 Å². The quantitative estimate of drug-likeness (QED) is 0.707. The van der Waals surface area contributed by atoms with Crippen molar-refractivity contribution in [2.24, 2.45) is 0 Å². The SMILES string of the molecule is CCCC(NC(=O)NC1CCN2CCCCC12)C(=O)O. The van der Waals surface area contributed by atoms with Crippen LogP contribution in [0.5, 0.6) is 0 Å². The van der Waals surface area contributed by atoms with E-state index in [0.29, 0.717) is 12.5 Å². The van der Waals surface area contributed by atoms with Crippen molar-refractivity contribution in [1.29, 1.82) is 0 Å². The fraction of sp³-hybridized carbons (Fsp3) is 0.857. The second kappa shape index (κ2) is 6.92. The van der Waals surface area contributed by atoms with E-state index in [1.807, 2.05) is 6.92 Å². The van der Waals surface area contributed by atoms with Gasteiger partial charge in [0.05, 0.1) is 0 Å². The van der Waals surface area contributed by atoms with Crippen LogP contribution in [-0.4, -0.2) is 53.2 Å². The van der Waals surface area contributed by atoms with Crippen LogP contribution < -0.4 is 10.6 Å². The van der Waals surface area contributed by atoms with E-state index in [4.69, 9.17) is 5.11 Å². The van der Waals surface area contributed by atoms with Crippen LogP contribution in [-0.2, 0) is 4.79 Å². The lowest BCUT2D eigenvalue weighted by Crippen LogP contribution is -2.52. The number of piperidine rings is 1. The molecule has 2 aliphatic heterocycles. The highest BCUT2D eigenvalue weighted by atomic mass is 16.4. The minimum atomic E-state index is -0.965. The molecule has 0 bridgehead atoms. The molecule has 2 saturated heterocycles. The highest BCUT2D eigenvalue weighted by Crippen LogP contribution is 2.26. The molecule has 6 heteroatoms. The summed E-state index contributed by atoms with van der Waals surface area (Å²) in [5.41, 5.74) is 0. The Kier molecular flexibility index (Phi) is 5.23. The van der Waals surface area contributed by atoms with E-state index in [1.165, 1.54) is 12.8 Å². The molecule has 0 aromatic heterocycles. The monoisotopic (exact) mass is 283 g/mol. The van der Waals surface area contributed by atoms with Crippen molar-refractivity contribution < 1.29 is 14.7 Å². The molecule has 2 fully saturated rings. The third kappa shape index (κ3) is 3.62. The summed E-state index contributed by atoms with van der Waals surface area (Å²) in [6, 6.07) is -0.539. The number of carboxylic acid groups (broad SMARTS) is 1. The molecule has 2 amide bonds. The Bertz CT molecular complexity index is 362. The fourth-order valence-corrected chi connectivity index (χ4v) is 3.33. The van der Waals surface area contributed by atoms with Gasteiger partial charge in [-0.25, -0.2) is 9.59 Å². The first-order valence-corrected chi connectivity index (χ1v) is 7.65. The second-order valence-corrected chi connectivity index (χ2v) is 5.79. The molecular formula is C14H25N3O3. The van der Waals surface area contributed by atoms with E-state index < -0.39 is 12.0 Å². The predicted molar refractivity (Wildman–Crippen MR) is 75.6 cm³/mol. The van der Waals surface area contributed by atoms with Crippen LogP contribution in [0.25, 0.3) is 0 Å². The Balaban J connectivity index is 1.83. The normalized spacial score (nSPS) is 27.6. The molecule has 3 N–H and O–H groups in total. The number of nitrogens with zero attached hydrogens (tertiary/aromatic N) is 1. The number of nitrogens with one attached hydrogen (secondary N) is 2. The molecule has 2 rings (SSSR count). The van der Waals surface area contributed by atoms with E-state index in [2.05, 4.69) is 15.5 Å². The van der Waals surface area contributed by atoms with Gasteiger partial charge in [0.25, 0.3) is 0 Å². The van der Waals surface area contributed by atoms with Crippen molar-refractivity contribution in [2.45, 2.75) is 63.6 Å². The van der Waals surface area contributed by atoms with Crippen molar-refractivity contribution in [3.05, 3.63) is 0 Å². The van der Waals surface area contributed by atoms with Crippen LogP contribution in [0.15, 0.2) is 0 Å². The molecule has 114 valence electrons. The molecule has 0 radical (unpaired) electrons. The first-order valence-electron chi connectivity index (χ1n) is 7.65.